The molecule has 0 aliphatic carbocycles. The third-order valence-electron chi connectivity index (χ3n) is 2.19. The highest BCUT2D eigenvalue weighted by Crippen LogP contribution is 2.04. The van der Waals surface area contributed by atoms with Crippen LogP contribution < -0.4 is 5.32 Å². The molecule has 0 spiro atoms. The van der Waals surface area contributed by atoms with Gasteiger partial charge in [0.05, 0.1) is 5.56 Å². The minimum atomic E-state index is -1.10. The molecule has 0 saturated heterocycles. The van der Waals surface area contributed by atoms with E-state index in [0.29, 0.717) is 5.56 Å². The van der Waals surface area contributed by atoms with Gasteiger partial charge >= 0.3 is 5.97 Å². The zero-order valence-electron chi connectivity index (χ0n) is 10.3. The minimum Gasteiger partial charge on any atom is -0.477 e. The van der Waals surface area contributed by atoms with Crippen molar-refractivity contribution in [1.82, 2.24) is 10.3 Å². The standard InChI is InChI=1S/C12H16N2O3S/c1-3-18-7-8(2)14-11(15)9-4-5-10(12(16)17)13-6-9/h4-6,8H,3,7H2,1-2H3,(H,14,15)(H,16,17). The van der Waals surface area contributed by atoms with Gasteiger partial charge in [0.1, 0.15) is 5.69 Å². The molecule has 5 nitrogen and oxygen atoms in total. The van der Waals surface area contributed by atoms with Crippen LogP contribution in [0.4, 0.5) is 0 Å². The Morgan fingerprint density at radius 2 is 2.22 bits per heavy atom. The van der Waals surface area contributed by atoms with Crippen molar-refractivity contribution in [2.24, 2.45) is 0 Å². The number of amides is 1. The first kappa shape index (κ1) is 14.5. The lowest BCUT2D eigenvalue weighted by atomic mass is 10.2. The van der Waals surface area contributed by atoms with Crippen LogP contribution in [0.15, 0.2) is 18.3 Å². The second kappa shape index (κ2) is 7.00. The Hall–Kier alpha value is -1.56. The highest BCUT2D eigenvalue weighted by Gasteiger charge is 2.11. The summed E-state index contributed by atoms with van der Waals surface area (Å²) in [5.41, 5.74) is 0.300. The van der Waals surface area contributed by atoms with Crippen LogP contribution in [0, 0.1) is 0 Å². The first-order valence-corrected chi connectivity index (χ1v) is 6.78. The molecule has 0 aliphatic heterocycles. The maximum atomic E-state index is 11.8. The summed E-state index contributed by atoms with van der Waals surface area (Å²) in [6, 6.07) is 2.86. The highest BCUT2D eigenvalue weighted by molar-refractivity contribution is 7.99. The molecule has 6 heteroatoms. The molecule has 0 aromatic carbocycles. The van der Waals surface area contributed by atoms with Crippen molar-refractivity contribution in [2.45, 2.75) is 19.9 Å². The molecule has 1 unspecified atom stereocenters. The number of carboxylic acids is 1. The van der Waals surface area contributed by atoms with E-state index in [1.165, 1.54) is 18.3 Å². The summed E-state index contributed by atoms with van der Waals surface area (Å²) in [6.45, 7) is 3.99. The van der Waals surface area contributed by atoms with Crippen molar-refractivity contribution in [3.05, 3.63) is 29.6 Å². The van der Waals surface area contributed by atoms with Crippen LogP contribution in [0.2, 0.25) is 0 Å². The summed E-state index contributed by atoms with van der Waals surface area (Å²) in [7, 11) is 0. The predicted molar refractivity (Wildman–Crippen MR) is 71.1 cm³/mol. The van der Waals surface area contributed by atoms with E-state index in [-0.39, 0.29) is 17.6 Å². The molecule has 0 aliphatic rings. The first-order valence-electron chi connectivity index (χ1n) is 5.62. The van der Waals surface area contributed by atoms with Gasteiger partial charge in [-0.2, -0.15) is 11.8 Å². The number of hydrogen-bond acceptors (Lipinski definition) is 4. The lowest BCUT2D eigenvalue weighted by Crippen LogP contribution is -2.34. The Morgan fingerprint density at radius 3 is 2.72 bits per heavy atom. The molecule has 1 rings (SSSR count). The van der Waals surface area contributed by atoms with E-state index in [2.05, 4.69) is 17.2 Å². The fraction of sp³-hybridized carbons (Fsp3) is 0.417. The average Bonchev–Trinajstić information content (AvgIpc) is 2.36. The van der Waals surface area contributed by atoms with Crippen LogP contribution in [0.3, 0.4) is 0 Å². The van der Waals surface area contributed by atoms with E-state index in [1.54, 1.807) is 11.8 Å². The van der Waals surface area contributed by atoms with Crippen LogP contribution in [-0.4, -0.2) is 39.5 Å². The van der Waals surface area contributed by atoms with Gasteiger partial charge in [0, 0.05) is 18.0 Å². The number of aromatic nitrogens is 1. The number of aromatic carboxylic acids is 1. The van der Waals surface area contributed by atoms with E-state index in [4.69, 9.17) is 5.11 Å². The number of carbonyl (C=O) groups is 2. The van der Waals surface area contributed by atoms with Gasteiger partial charge < -0.3 is 10.4 Å². The number of thioether (sulfide) groups is 1. The number of carbonyl (C=O) groups excluding carboxylic acids is 1. The van der Waals surface area contributed by atoms with Crippen LogP contribution >= 0.6 is 11.8 Å². The van der Waals surface area contributed by atoms with Crippen molar-refractivity contribution in [2.75, 3.05) is 11.5 Å². The molecule has 18 heavy (non-hydrogen) atoms. The number of nitrogens with zero attached hydrogens (tertiary/aromatic N) is 1. The zero-order chi connectivity index (χ0) is 13.5. The molecule has 98 valence electrons. The number of nitrogens with one attached hydrogen (secondary N) is 1. The van der Waals surface area contributed by atoms with Gasteiger partial charge in [0.15, 0.2) is 0 Å². The topological polar surface area (TPSA) is 79.3 Å². The summed E-state index contributed by atoms with van der Waals surface area (Å²) >= 11 is 1.75. The lowest BCUT2D eigenvalue weighted by molar-refractivity contribution is 0.0689. The van der Waals surface area contributed by atoms with E-state index < -0.39 is 5.97 Å². The average molecular weight is 268 g/mol. The number of pyridine rings is 1. The van der Waals surface area contributed by atoms with Crippen molar-refractivity contribution >= 4 is 23.6 Å². The largest absolute Gasteiger partial charge is 0.477 e. The van der Waals surface area contributed by atoms with Crippen LogP contribution in [0.5, 0.6) is 0 Å². The number of hydrogen-bond donors (Lipinski definition) is 2. The zero-order valence-corrected chi connectivity index (χ0v) is 11.2. The third-order valence-corrected chi connectivity index (χ3v) is 3.34. The van der Waals surface area contributed by atoms with Gasteiger partial charge in [-0.3, -0.25) is 4.79 Å². The Bertz CT molecular complexity index is 420. The Morgan fingerprint density at radius 1 is 1.50 bits per heavy atom. The second-order valence-corrected chi connectivity index (χ2v) is 5.09. The summed E-state index contributed by atoms with van der Waals surface area (Å²) in [6.07, 6.45) is 1.28. The lowest BCUT2D eigenvalue weighted by Gasteiger charge is -2.12. The summed E-state index contributed by atoms with van der Waals surface area (Å²) in [5.74, 6) is 0.524. The quantitative estimate of drug-likeness (QED) is 0.820. The van der Waals surface area contributed by atoms with Gasteiger partial charge in [0.2, 0.25) is 0 Å². The number of rotatable bonds is 6. The highest BCUT2D eigenvalue weighted by atomic mass is 32.2. The molecule has 0 bridgehead atoms. The Balaban J connectivity index is 2.58. The first-order chi connectivity index (χ1) is 8.54. The second-order valence-electron chi connectivity index (χ2n) is 3.77. The smallest absolute Gasteiger partial charge is 0.354 e. The van der Waals surface area contributed by atoms with Gasteiger partial charge in [-0.05, 0) is 24.8 Å². The fourth-order valence-electron chi connectivity index (χ4n) is 1.30. The van der Waals surface area contributed by atoms with E-state index >= 15 is 0 Å². The summed E-state index contributed by atoms with van der Waals surface area (Å²) in [4.78, 5) is 26.1. The van der Waals surface area contributed by atoms with Crippen molar-refractivity contribution in [3.63, 3.8) is 0 Å². The van der Waals surface area contributed by atoms with Crippen molar-refractivity contribution < 1.29 is 14.7 Å². The molecule has 1 aromatic rings. The molecule has 0 saturated carbocycles. The van der Waals surface area contributed by atoms with Crippen LogP contribution in [0.25, 0.3) is 0 Å². The molecule has 1 atom stereocenters. The Kier molecular flexibility index (Phi) is 5.64. The van der Waals surface area contributed by atoms with Gasteiger partial charge in [0.25, 0.3) is 5.91 Å². The maximum absolute atomic E-state index is 11.8. The van der Waals surface area contributed by atoms with E-state index in [0.717, 1.165) is 11.5 Å². The van der Waals surface area contributed by atoms with Crippen molar-refractivity contribution in [3.8, 4) is 0 Å². The third kappa shape index (κ3) is 4.37. The molecular weight excluding hydrogens is 252 g/mol. The summed E-state index contributed by atoms with van der Waals surface area (Å²) < 4.78 is 0. The predicted octanol–water partition coefficient (Wildman–Crippen LogP) is 1.65. The molecule has 0 radical (unpaired) electrons. The molecule has 0 fully saturated rings. The monoisotopic (exact) mass is 268 g/mol. The molecule has 1 heterocycles. The van der Waals surface area contributed by atoms with Gasteiger partial charge in [-0.25, -0.2) is 9.78 Å². The van der Waals surface area contributed by atoms with E-state index in [9.17, 15) is 9.59 Å². The molecular formula is C12H16N2O3S. The van der Waals surface area contributed by atoms with Crippen LogP contribution in [-0.2, 0) is 0 Å². The maximum Gasteiger partial charge on any atom is 0.354 e. The SMILES string of the molecule is CCSCC(C)NC(=O)c1ccc(C(=O)O)nc1. The normalized spacial score (nSPS) is 11.9. The van der Waals surface area contributed by atoms with Crippen LogP contribution in [0.1, 0.15) is 34.7 Å². The van der Waals surface area contributed by atoms with Gasteiger partial charge in [-0.1, -0.05) is 6.92 Å². The molecule has 1 amide bonds. The molecule has 1 aromatic heterocycles. The Labute approximate surface area is 110 Å². The van der Waals surface area contributed by atoms with Gasteiger partial charge in [-0.15, -0.1) is 0 Å². The number of carboxylic acid groups (broad SMARTS) is 1. The minimum absolute atomic E-state index is 0.0684. The molecule has 2 N–H and O–H groups in total. The van der Waals surface area contributed by atoms with Crippen molar-refractivity contribution in [1.29, 1.82) is 0 Å². The van der Waals surface area contributed by atoms with E-state index in [1.807, 2.05) is 6.92 Å². The summed E-state index contributed by atoms with van der Waals surface area (Å²) in [5, 5.41) is 11.5. The fourth-order valence-corrected chi connectivity index (χ4v) is 1.97.